The Morgan fingerprint density at radius 1 is 0.464 bits per heavy atom. The van der Waals surface area contributed by atoms with Crippen molar-refractivity contribution in [1.82, 2.24) is 5.32 Å². The molecule has 9 N–H and O–H groups in total. The van der Waals surface area contributed by atoms with Crippen molar-refractivity contribution in [3.8, 4) is 0 Å². The summed E-state index contributed by atoms with van der Waals surface area (Å²) in [4.78, 5) is 13.1. The normalized spacial score (nSPS) is 26.1. The van der Waals surface area contributed by atoms with Gasteiger partial charge in [0.25, 0.3) is 0 Å². The molecule has 2 aliphatic heterocycles. The summed E-state index contributed by atoms with van der Waals surface area (Å²) in [6.07, 6.45) is 29.5. The number of hydrogen-bond donors (Lipinski definition) is 9. The molecule has 12 unspecified atom stereocenters. The Kier molecular flexibility index (Phi) is 39.4. The summed E-state index contributed by atoms with van der Waals surface area (Å²) in [5.74, 6) is -0.210. The third-order valence-electron chi connectivity index (χ3n) is 14.6. The maximum Gasteiger partial charge on any atom is 0.220 e. The predicted molar refractivity (Wildman–Crippen MR) is 272 cm³/mol. The van der Waals surface area contributed by atoms with Crippen molar-refractivity contribution in [3.63, 3.8) is 0 Å². The van der Waals surface area contributed by atoms with Crippen LogP contribution in [0, 0.1) is 0 Å². The number of amides is 1. The van der Waals surface area contributed by atoms with Gasteiger partial charge in [0.1, 0.15) is 48.8 Å². The number of ether oxygens (including phenoxy) is 4. The molecule has 0 spiro atoms. The van der Waals surface area contributed by atoms with E-state index in [9.17, 15) is 45.6 Å². The molecule has 2 rings (SSSR count). The van der Waals surface area contributed by atoms with E-state index >= 15 is 0 Å². The summed E-state index contributed by atoms with van der Waals surface area (Å²) in [6, 6.07) is -0.818. The van der Waals surface area contributed by atoms with E-state index in [4.69, 9.17) is 18.9 Å². The number of aliphatic hydroxyl groups is 8. The van der Waals surface area contributed by atoms with Crippen LogP contribution in [0.25, 0.3) is 0 Å². The van der Waals surface area contributed by atoms with Gasteiger partial charge in [-0.1, -0.05) is 232 Å². The summed E-state index contributed by atoms with van der Waals surface area (Å²) in [5, 5.41) is 86.3. The molecule has 2 fully saturated rings. The van der Waals surface area contributed by atoms with Crippen LogP contribution >= 0.6 is 0 Å². The van der Waals surface area contributed by atoms with Crippen LogP contribution in [0.1, 0.15) is 251 Å². The zero-order chi connectivity index (χ0) is 50.3. The van der Waals surface area contributed by atoms with E-state index in [1.165, 1.54) is 173 Å². The van der Waals surface area contributed by atoms with E-state index in [0.29, 0.717) is 12.8 Å². The SMILES string of the molecule is CCCCCCCCCCCCCCCCCCCCCCCCCCCCCCCCCC(=O)NC(COC1OC(CO)C(OC2OC(CO)C(O)C(O)C2O)C(O)C1O)C(O)CCCCCC. The van der Waals surface area contributed by atoms with Gasteiger partial charge >= 0.3 is 0 Å². The molecule has 1 amide bonds. The summed E-state index contributed by atoms with van der Waals surface area (Å²) in [6.45, 7) is 2.75. The second-order valence-electron chi connectivity index (χ2n) is 20.8. The first-order chi connectivity index (χ1) is 33.6. The average molecular weight is 990 g/mol. The molecule has 2 saturated heterocycles. The maximum atomic E-state index is 13.1. The molecule has 14 nitrogen and oxygen atoms in total. The van der Waals surface area contributed by atoms with Crippen molar-refractivity contribution in [2.45, 2.75) is 325 Å². The Morgan fingerprint density at radius 3 is 1.23 bits per heavy atom. The van der Waals surface area contributed by atoms with Crippen molar-refractivity contribution in [2.75, 3.05) is 19.8 Å². The second-order valence-corrected chi connectivity index (χ2v) is 20.8. The van der Waals surface area contributed by atoms with Crippen molar-refractivity contribution < 1.29 is 64.6 Å². The van der Waals surface area contributed by atoms with Gasteiger partial charge < -0.3 is 65.1 Å². The van der Waals surface area contributed by atoms with Crippen LogP contribution < -0.4 is 5.32 Å². The van der Waals surface area contributed by atoms with Gasteiger partial charge in [-0.3, -0.25) is 4.79 Å². The van der Waals surface area contributed by atoms with Gasteiger partial charge in [0, 0.05) is 6.42 Å². The Morgan fingerprint density at radius 2 is 0.826 bits per heavy atom. The molecule has 2 aliphatic rings. The minimum Gasteiger partial charge on any atom is -0.394 e. The molecule has 14 heteroatoms. The Balaban J connectivity index is 1.52. The second kappa shape index (κ2) is 42.4. The van der Waals surface area contributed by atoms with Gasteiger partial charge in [0.2, 0.25) is 5.91 Å². The van der Waals surface area contributed by atoms with Crippen LogP contribution in [0.3, 0.4) is 0 Å². The maximum absolute atomic E-state index is 13.1. The number of hydrogen-bond acceptors (Lipinski definition) is 13. The van der Waals surface area contributed by atoms with Crippen LogP contribution in [-0.4, -0.2) is 140 Å². The molecule has 0 aromatic carbocycles. The van der Waals surface area contributed by atoms with E-state index in [2.05, 4.69) is 19.2 Å². The predicted octanol–water partition coefficient (Wildman–Crippen LogP) is 8.95. The van der Waals surface area contributed by atoms with E-state index in [1.54, 1.807) is 0 Å². The molecule has 0 aromatic rings. The van der Waals surface area contributed by atoms with Crippen molar-refractivity contribution in [2.24, 2.45) is 0 Å². The Labute approximate surface area is 419 Å². The largest absolute Gasteiger partial charge is 0.394 e. The van der Waals surface area contributed by atoms with Gasteiger partial charge in [-0.05, 0) is 12.8 Å². The van der Waals surface area contributed by atoms with Gasteiger partial charge in [0.05, 0.1) is 32.0 Å². The number of nitrogens with one attached hydrogen (secondary N) is 1. The number of carbonyl (C=O) groups excluding carboxylic acids is 1. The lowest BCUT2D eigenvalue weighted by molar-refractivity contribution is -0.359. The molecule has 0 aromatic heterocycles. The molecule has 410 valence electrons. The first-order valence-electron chi connectivity index (χ1n) is 28.8. The van der Waals surface area contributed by atoms with E-state index < -0.39 is 86.8 Å². The van der Waals surface area contributed by atoms with Crippen LogP contribution in [0.2, 0.25) is 0 Å². The van der Waals surface area contributed by atoms with Crippen LogP contribution in [0.15, 0.2) is 0 Å². The van der Waals surface area contributed by atoms with Crippen molar-refractivity contribution in [3.05, 3.63) is 0 Å². The fraction of sp³-hybridized carbons (Fsp3) is 0.982. The molecule has 69 heavy (non-hydrogen) atoms. The van der Waals surface area contributed by atoms with Crippen molar-refractivity contribution in [1.29, 1.82) is 0 Å². The third kappa shape index (κ3) is 28.9. The molecule has 0 saturated carbocycles. The summed E-state index contributed by atoms with van der Waals surface area (Å²) in [7, 11) is 0. The van der Waals surface area contributed by atoms with E-state index in [-0.39, 0.29) is 12.5 Å². The Bertz CT molecular complexity index is 1170. The fourth-order valence-electron chi connectivity index (χ4n) is 9.89. The van der Waals surface area contributed by atoms with Gasteiger partial charge in [0.15, 0.2) is 12.6 Å². The standard InChI is InChI=1S/C55H107NO13/c1-3-5-7-9-10-11-12-13-14-15-16-17-18-19-20-21-22-23-24-25-26-27-28-29-30-31-32-33-34-35-37-39-47(60)56-43(44(59)38-36-8-6-4-2)42-66-54-52(65)50(63)53(46(41-58)68-54)69-55-51(64)49(62)48(61)45(40-57)67-55/h43-46,48-55,57-59,61-65H,3-42H2,1-2H3,(H,56,60). The molecule has 2 heterocycles. The van der Waals surface area contributed by atoms with E-state index in [1.807, 2.05) is 0 Å². The van der Waals surface area contributed by atoms with E-state index in [0.717, 1.165) is 51.4 Å². The molecule has 0 radical (unpaired) electrons. The first kappa shape index (κ1) is 64.1. The lowest BCUT2D eigenvalue weighted by Gasteiger charge is -2.46. The fourth-order valence-corrected chi connectivity index (χ4v) is 9.89. The first-order valence-corrected chi connectivity index (χ1v) is 28.8. The molecule has 12 atom stereocenters. The smallest absolute Gasteiger partial charge is 0.220 e. The quantitative estimate of drug-likeness (QED) is 0.0260. The summed E-state index contributed by atoms with van der Waals surface area (Å²) >= 11 is 0. The summed E-state index contributed by atoms with van der Waals surface area (Å²) in [5.41, 5.74) is 0. The molecule has 0 aliphatic carbocycles. The van der Waals surface area contributed by atoms with Crippen molar-refractivity contribution >= 4 is 5.91 Å². The molecular weight excluding hydrogens is 883 g/mol. The average Bonchev–Trinajstić information content (AvgIpc) is 3.35. The highest BCUT2D eigenvalue weighted by atomic mass is 16.7. The monoisotopic (exact) mass is 990 g/mol. The van der Waals surface area contributed by atoms with Crippen LogP contribution in [-0.2, 0) is 23.7 Å². The number of carbonyl (C=O) groups is 1. The number of aliphatic hydroxyl groups excluding tert-OH is 8. The lowest BCUT2D eigenvalue weighted by Crippen LogP contribution is -2.65. The molecular formula is C55H107NO13. The van der Waals surface area contributed by atoms with Gasteiger partial charge in [-0.15, -0.1) is 0 Å². The topological polar surface area (TPSA) is 228 Å². The minimum absolute atomic E-state index is 0.210. The zero-order valence-electron chi connectivity index (χ0n) is 43.8. The highest BCUT2D eigenvalue weighted by Crippen LogP contribution is 2.30. The highest BCUT2D eigenvalue weighted by Gasteiger charge is 2.51. The minimum atomic E-state index is -1.78. The number of rotatable bonds is 46. The summed E-state index contributed by atoms with van der Waals surface area (Å²) < 4.78 is 22.6. The van der Waals surface area contributed by atoms with Crippen LogP contribution in [0.4, 0.5) is 0 Å². The Hall–Kier alpha value is -1.01. The number of unbranched alkanes of at least 4 members (excludes halogenated alkanes) is 33. The zero-order valence-corrected chi connectivity index (χ0v) is 43.8. The molecule has 0 bridgehead atoms. The van der Waals surface area contributed by atoms with Crippen LogP contribution in [0.5, 0.6) is 0 Å². The highest BCUT2D eigenvalue weighted by molar-refractivity contribution is 5.76. The van der Waals surface area contributed by atoms with Gasteiger partial charge in [-0.25, -0.2) is 0 Å². The van der Waals surface area contributed by atoms with Gasteiger partial charge in [-0.2, -0.15) is 0 Å². The lowest BCUT2D eigenvalue weighted by atomic mass is 9.97. The third-order valence-corrected chi connectivity index (χ3v) is 14.6.